The maximum absolute atomic E-state index is 11.9. The van der Waals surface area contributed by atoms with Crippen LogP contribution in [0.5, 0.6) is 0 Å². The quantitative estimate of drug-likeness (QED) is 0.712. The van der Waals surface area contributed by atoms with Crippen LogP contribution in [0, 0.1) is 0 Å². The summed E-state index contributed by atoms with van der Waals surface area (Å²) >= 11 is 0. The number of nitrogens with zero attached hydrogens (tertiary/aromatic N) is 2. The molecule has 1 N–H and O–H groups in total. The highest BCUT2D eigenvalue weighted by atomic mass is 16.6. The highest BCUT2D eigenvalue weighted by Gasteiger charge is 2.07. The van der Waals surface area contributed by atoms with Gasteiger partial charge in [-0.05, 0) is 23.3 Å². The fraction of sp³-hybridized carbons (Fsp3) is 0.111. The highest BCUT2D eigenvalue weighted by Crippen LogP contribution is 2.08. The zero-order chi connectivity index (χ0) is 15.9. The second-order valence-electron chi connectivity index (χ2n) is 5.10. The monoisotopic (exact) mass is 307 g/mol. The smallest absolute Gasteiger partial charge is 0.248 e. The third-order valence-electron chi connectivity index (χ3n) is 3.29. The van der Waals surface area contributed by atoms with Crippen LogP contribution in [0.25, 0.3) is 5.69 Å². The lowest BCUT2D eigenvalue weighted by atomic mass is 10.2. The van der Waals surface area contributed by atoms with E-state index in [9.17, 15) is 4.79 Å². The normalized spacial score (nSPS) is 10.4. The van der Waals surface area contributed by atoms with E-state index in [1.165, 1.54) is 0 Å². The van der Waals surface area contributed by atoms with Gasteiger partial charge in [-0.3, -0.25) is 9.63 Å². The van der Waals surface area contributed by atoms with Gasteiger partial charge < -0.3 is 0 Å². The Kier molecular flexibility index (Phi) is 4.81. The number of rotatable bonds is 6. The van der Waals surface area contributed by atoms with Crippen molar-refractivity contribution in [2.45, 2.75) is 13.0 Å². The van der Waals surface area contributed by atoms with E-state index in [2.05, 4.69) is 10.6 Å². The number of aromatic nitrogens is 2. The van der Waals surface area contributed by atoms with Gasteiger partial charge in [-0.15, -0.1) is 0 Å². The van der Waals surface area contributed by atoms with E-state index in [1.54, 1.807) is 10.9 Å². The van der Waals surface area contributed by atoms with Crippen molar-refractivity contribution < 1.29 is 9.63 Å². The molecule has 23 heavy (non-hydrogen) atoms. The summed E-state index contributed by atoms with van der Waals surface area (Å²) in [6.07, 6.45) is 3.75. The van der Waals surface area contributed by atoms with Gasteiger partial charge in [-0.25, -0.2) is 10.2 Å². The molecule has 0 aliphatic heterocycles. The average molecular weight is 307 g/mol. The first-order chi connectivity index (χ1) is 11.3. The van der Waals surface area contributed by atoms with E-state index in [0.717, 1.165) is 16.8 Å². The summed E-state index contributed by atoms with van der Waals surface area (Å²) in [4.78, 5) is 17.1. The van der Waals surface area contributed by atoms with Crippen molar-refractivity contribution in [2.75, 3.05) is 0 Å². The highest BCUT2D eigenvalue weighted by molar-refractivity contribution is 5.77. The standard InChI is InChI=1S/C18H17N3O2/c22-18(20-23-14-15-7-3-1-4-8-15)11-16-12-19-21(13-16)17-9-5-2-6-10-17/h1-10,12-13H,11,14H2,(H,20,22). The van der Waals surface area contributed by atoms with Crippen LogP contribution < -0.4 is 5.48 Å². The fourth-order valence-corrected chi connectivity index (χ4v) is 2.17. The van der Waals surface area contributed by atoms with Crippen molar-refractivity contribution in [3.05, 3.63) is 84.2 Å². The summed E-state index contributed by atoms with van der Waals surface area (Å²) in [6, 6.07) is 19.4. The van der Waals surface area contributed by atoms with Crippen LogP contribution in [0.15, 0.2) is 73.1 Å². The zero-order valence-corrected chi connectivity index (χ0v) is 12.6. The Balaban J connectivity index is 1.49. The molecular weight excluding hydrogens is 290 g/mol. The van der Waals surface area contributed by atoms with Gasteiger partial charge in [0.1, 0.15) is 0 Å². The summed E-state index contributed by atoms with van der Waals surface area (Å²) in [5, 5.41) is 4.26. The molecule has 0 saturated carbocycles. The van der Waals surface area contributed by atoms with Gasteiger partial charge >= 0.3 is 0 Å². The van der Waals surface area contributed by atoms with Gasteiger partial charge in [0.25, 0.3) is 0 Å². The van der Waals surface area contributed by atoms with E-state index < -0.39 is 0 Å². The number of carbonyl (C=O) groups excluding carboxylic acids is 1. The molecule has 0 atom stereocenters. The SMILES string of the molecule is O=C(Cc1cnn(-c2ccccc2)c1)NOCc1ccccc1. The number of hydrogen-bond acceptors (Lipinski definition) is 3. The lowest BCUT2D eigenvalue weighted by Gasteiger charge is -2.05. The van der Waals surface area contributed by atoms with Crippen LogP contribution >= 0.6 is 0 Å². The molecule has 3 aromatic rings. The third kappa shape index (κ3) is 4.28. The molecule has 1 aromatic heterocycles. The van der Waals surface area contributed by atoms with E-state index in [1.807, 2.05) is 66.9 Å². The average Bonchev–Trinajstić information content (AvgIpc) is 3.05. The van der Waals surface area contributed by atoms with Crippen LogP contribution in [-0.2, 0) is 22.7 Å². The maximum atomic E-state index is 11.9. The molecule has 0 unspecified atom stereocenters. The van der Waals surface area contributed by atoms with Crippen molar-refractivity contribution in [3.63, 3.8) is 0 Å². The molecule has 0 aliphatic carbocycles. The van der Waals surface area contributed by atoms with Crippen molar-refractivity contribution in [3.8, 4) is 5.69 Å². The van der Waals surface area contributed by atoms with Crippen LogP contribution in [0.4, 0.5) is 0 Å². The number of hydrogen-bond donors (Lipinski definition) is 1. The molecule has 116 valence electrons. The van der Waals surface area contributed by atoms with Crippen LogP contribution in [0.1, 0.15) is 11.1 Å². The van der Waals surface area contributed by atoms with E-state index in [0.29, 0.717) is 6.61 Å². The van der Waals surface area contributed by atoms with E-state index in [4.69, 9.17) is 4.84 Å². The Morgan fingerprint density at radius 2 is 1.70 bits per heavy atom. The molecular formula is C18H17N3O2. The molecule has 0 bridgehead atoms. The van der Waals surface area contributed by atoms with Gasteiger partial charge in [0, 0.05) is 6.20 Å². The van der Waals surface area contributed by atoms with Gasteiger partial charge in [-0.2, -0.15) is 5.10 Å². The first-order valence-electron chi connectivity index (χ1n) is 7.35. The second-order valence-corrected chi connectivity index (χ2v) is 5.10. The molecule has 0 aliphatic rings. The zero-order valence-electron chi connectivity index (χ0n) is 12.6. The van der Waals surface area contributed by atoms with E-state index >= 15 is 0 Å². The van der Waals surface area contributed by atoms with Crippen molar-refractivity contribution in [1.82, 2.24) is 15.3 Å². The number of para-hydroxylation sites is 1. The largest absolute Gasteiger partial charge is 0.272 e. The third-order valence-corrected chi connectivity index (χ3v) is 3.29. The molecule has 1 heterocycles. The number of nitrogens with one attached hydrogen (secondary N) is 1. The molecule has 1 amide bonds. The van der Waals surface area contributed by atoms with Gasteiger partial charge in [0.2, 0.25) is 5.91 Å². The summed E-state index contributed by atoms with van der Waals surface area (Å²) in [6.45, 7) is 0.343. The fourth-order valence-electron chi connectivity index (χ4n) is 2.17. The summed E-state index contributed by atoms with van der Waals surface area (Å²) in [5.41, 5.74) is 5.24. The summed E-state index contributed by atoms with van der Waals surface area (Å²) < 4.78 is 1.74. The Labute approximate surface area is 134 Å². The molecule has 0 saturated heterocycles. The Morgan fingerprint density at radius 3 is 2.43 bits per heavy atom. The van der Waals surface area contributed by atoms with Crippen LogP contribution in [0.3, 0.4) is 0 Å². The molecule has 0 spiro atoms. The van der Waals surface area contributed by atoms with Crippen molar-refractivity contribution >= 4 is 5.91 Å². The molecule has 5 nitrogen and oxygen atoms in total. The minimum atomic E-state index is -0.200. The molecule has 3 rings (SSSR count). The Hall–Kier alpha value is -2.92. The number of amides is 1. The number of carbonyl (C=O) groups is 1. The van der Waals surface area contributed by atoms with Gasteiger partial charge in [0.15, 0.2) is 0 Å². The Morgan fingerprint density at radius 1 is 1.00 bits per heavy atom. The summed E-state index contributed by atoms with van der Waals surface area (Å²) in [5.74, 6) is -0.200. The predicted octanol–water partition coefficient (Wildman–Crippen LogP) is 2.66. The molecule has 2 aromatic carbocycles. The first-order valence-corrected chi connectivity index (χ1v) is 7.35. The van der Waals surface area contributed by atoms with E-state index in [-0.39, 0.29) is 12.3 Å². The summed E-state index contributed by atoms with van der Waals surface area (Å²) in [7, 11) is 0. The topological polar surface area (TPSA) is 56.2 Å². The molecule has 0 fully saturated rings. The minimum absolute atomic E-state index is 0.200. The van der Waals surface area contributed by atoms with Crippen molar-refractivity contribution in [2.24, 2.45) is 0 Å². The number of hydroxylamine groups is 1. The predicted molar refractivity (Wildman–Crippen MR) is 86.6 cm³/mol. The Bertz CT molecular complexity index is 754. The second kappa shape index (κ2) is 7.38. The molecule has 5 heteroatoms. The maximum Gasteiger partial charge on any atom is 0.248 e. The lowest BCUT2D eigenvalue weighted by molar-refractivity contribution is -0.133. The van der Waals surface area contributed by atoms with Crippen molar-refractivity contribution in [1.29, 1.82) is 0 Å². The minimum Gasteiger partial charge on any atom is -0.272 e. The number of benzene rings is 2. The van der Waals surface area contributed by atoms with Gasteiger partial charge in [0.05, 0.1) is 24.9 Å². The first kappa shape index (κ1) is 15.0. The lowest BCUT2D eigenvalue weighted by Crippen LogP contribution is -2.25. The van der Waals surface area contributed by atoms with Crippen LogP contribution in [0.2, 0.25) is 0 Å². The van der Waals surface area contributed by atoms with Crippen LogP contribution in [-0.4, -0.2) is 15.7 Å². The van der Waals surface area contributed by atoms with Gasteiger partial charge in [-0.1, -0.05) is 48.5 Å². The molecule has 0 radical (unpaired) electrons.